The number of amides is 1. The Labute approximate surface area is 161 Å². The molecule has 3 rings (SSSR count). The minimum Gasteiger partial charge on any atom is -0.338 e. The highest BCUT2D eigenvalue weighted by molar-refractivity contribution is 7.07. The predicted octanol–water partition coefficient (Wildman–Crippen LogP) is 4.32. The molecular formula is C22H30N2OS. The number of rotatable bonds is 8. The third kappa shape index (κ3) is 4.54. The van der Waals surface area contributed by atoms with Crippen LogP contribution in [0, 0.1) is 13.8 Å². The minimum atomic E-state index is 0.217. The standard InChI is InChI=1S/C22H30N2OS/c1-17-7-8-21-20(18(17)2)9-14-24(22(21)25)13-5-12-23(3)11-4-6-19-10-15-26-16-19/h7-8,10,15-16H,4-6,9,11-14H2,1-3H3. The summed E-state index contributed by atoms with van der Waals surface area (Å²) in [7, 11) is 2.19. The molecule has 4 heteroatoms. The van der Waals surface area contributed by atoms with E-state index in [2.05, 4.69) is 48.7 Å². The third-order valence-corrected chi connectivity index (χ3v) is 6.30. The fourth-order valence-corrected chi connectivity index (χ4v) is 4.46. The number of carbonyl (C=O) groups excluding carboxylic acids is 1. The summed E-state index contributed by atoms with van der Waals surface area (Å²) >= 11 is 1.77. The maximum atomic E-state index is 12.8. The van der Waals surface area contributed by atoms with E-state index >= 15 is 0 Å². The second kappa shape index (κ2) is 8.83. The van der Waals surface area contributed by atoms with Gasteiger partial charge >= 0.3 is 0 Å². The zero-order valence-corrected chi connectivity index (χ0v) is 17.1. The molecular weight excluding hydrogens is 340 g/mol. The van der Waals surface area contributed by atoms with Crippen LogP contribution in [0.5, 0.6) is 0 Å². The van der Waals surface area contributed by atoms with Gasteiger partial charge in [0.25, 0.3) is 5.91 Å². The Morgan fingerprint density at radius 1 is 1.15 bits per heavy atom. The molecule has 0 bridgehead atoms. The molecule has 0 unspecified atom stereocenters. The molecule has 0 atom stereocenters. The fourth-order valence-electron chi connectivity index (χ4n) is 3.76. The molecule has 1 amide bonds. The molecule has 140 valence electrons. The van der Waals surface area contributed by atoms with Gasteiger partial charge in [-0.1, -0.05) is 6.07 Å². The predicted molar refractivity (Wildman–Crippen MR) is 110 cm³/mol. The molecule has 1 aliphatic heterocycles. The molecule has 0 aliphatic carbocycles. The van der Waals surface area contributed by atoms with E-state index in [1.165, 1.54) is 28.7 Å². The van der Waals surface area contributed by atoms with Gasteiger partial charge in [-0.2, -0.15) is 11.3 Å². The molecule has 0 spiro atoms. The van der Waals surface area contributed by atoms with E-state index in [-0.39, 0.29) is 5.91 Å². The summed E-state index contributed by atoms with van der Waals surface area (Å²) in [5.41, 5.74) is 6.21. The van der Waals surface area contributed by atoms with Crippen molar-refractivity contribution in [2.24, 2.45) is 0 Å². The van der Waals surface area contributed by atoms with Gasteiger partial charge in [0.05, 0.1) is 0 Å². The van der Waals surface area contributed by atoms with Gasteiger partial charge in [-0.05, 0) is 105 Å². The quantitative estimate of drug-likeness (QED) is 0.691. The molecule has 1 aromatic heterocycles. The summed E-state index contributed by atoms with van der Waals surface area (Å²) < 4.78 is 0. The van der Waals surface area contributed by atoms with Crippen LogP contribution < -0.4 is 0 Å². The lowest BCUT2D eigenvalue weighted by Gasteiger charge is -2.30. The van der Waals surface area contributed by atoms with E-state index in [1.807, 2.05) is 11.0 Å². The van der Waals surface area contributed by atoms with E-state index in [1.54, 1.807) is 11.3 Å². The smallest absolute Gasteiger partial charge is 0.254 e. The number of fused-ring (bicyclic) bond motifs is 1. The van der Waals surface area contributed by atoms with Crippen LogP contribution in [0.4, 0.5) is 0 Å². The molecule has 3 nitrogen and oxygen atoms in total. The van der Waals surface area contributed by atoms with Crippen LogP contribution in [0.15, 0.2) is 29.0 Å². The second-order valence-electron chi connectivity index (χ2n) is 7.47. The number of hydrogen-bond acceptors (Lipinski definition) is 3. The fraction of sp³-hybridized carbons (Fsp3) is 0.500. The highest BCUT2D eigenvalue weighted by atomic mass is 32.1. The Bertz CT molecular complexity index is 739. The van der Waals surface area contributed by atoms with Gasteiger partial charge in [-0.3, -0.25) is 4.79 Å². The van der Waals surface area contributed by atoms with Crippen molar-refractivity contribution in [1.82, 2.24) is 9.80 Å². The van der Waals surface area contributed by atoms with Crippen molar-refractivity contribution in [3.63, 3.8) is 0 Å². The molecule has 1 aliphatic rings. The van der Waals surface area contributed by atoms with Crippen LogP contribution in [0.3, 0.4) is 0 Å². The van der Waals surface area contributed by atoms with Crippen molar-refractivity contribution in [3.8, 4) is 0 Å². The average molecular weight is 371 g/mol. The summed E-state index contributed by atoms with van der Waals surface area (Å²) in [6.45, 7) is 8.15. The van der Waals surface area contributed by atoms with Crippen molar-refractivity contribution < 1.29 is 4.79 Å². The zero-order valence-electron chi connectivity index (χ0n) is 16.3. The number of benzene rings is 1. The molecule has 0 saturated carbocycles. The molecule has 2 heterocycles. The van der Waals surface area contributed by atoms with E-state index in [0.29, 0.717) is 0 Å². The van der Waals surface area contributed by atoms with Gasteiger partial charge in [0.15, 0.2) is 0 Å². The third-order valence-electron chi connectivity index (χ3n) is 5.57. The van der Waals surface area contributed by atoms with Gasteiger partial charge in [-0.15, -0.1) is 0 Å². The van der Waals surface area contributed by atoms with Crippen LogP contribution in [0.25, 0.3) is 0 Å². The lowest BCUT2D eigenvalue weighted by molar-refractivity contribution is 0.0733. The van der Waals surface area contributed by atoms with E-state index in [0.717, 1.165) is 51.0 Å². The number of nitrogens with zero attached hydrogens (tertiary/aromatic N) is 2. The summed E-state index contributed by atoms with van der Waals surface area (Å²) in [6, 6.07) is 6.31. The first kappa shape index (κ1) is 19.1. The monoisotopic (exact) mass is 370 g/mol. The molecule has 2 aromatic rings. The lowest BCUT2D eigenvalue weighted by Crippen LogP contribution is -2.39. The maximum Gasteiger partial charge on any atom is 0.254 e. The van der Waals surface area contributed by atoms with E-state index in [4.69, 9.17) is 0 Å². The first-order valence-electron chi connectivity index (χ1n) is 9.64. The van der Waals surface area contributed by atoms with Crippen LogP contribution in [-0.4, -0.2) is 48.9 Å². The second-order valence-corrected chi connectivity index (χ2v) is 8.25. The van der Waals surface area contributed by atoms with Crippen molar-refractivity contribution in [3.05, 3.63) is 56.8 Å². The summed E-state index contributed by atoms with van der Waals surface area (Å²) in [4.78, 5) is 17.2. The number of thiophene rings is 1. The highest BCUT2D eigenvalue weighted by Gasteiger charge is 2.25. The summed E-state index contributed by atoms with van der Waals surface area (Å²) in [5.74, 6) is 0.217. The van der Waals surface area contributed by atoms with Crippen LogP contribution in [0.1, 0.15) is 45.5 Å². The Hall–Kier alpha value is -1.65. The van der Waals surface area contributed by atoms with Crippen molar-refractivity contribution >= 4 is 17.2 Å². The topological polar surface area (TPSA) is 23.6 Å². The van der Waals surface area contributed by atoms with E-state index < -0.39 is 0 Å². The first-order valence-corrected chi connectivity index (χ1v) is 10.6. The van der Waals surface area contributed by atoms with Gasteiger partial charge < -0.3 is 9.80 Å². The molecule has 0 radical (unpaired) electrons. The molecule has 26 heavy (non-hydrogen) atoms. The Balaban J connectivity index is 1.42. The zero-order chi connectivity index (χ0) is 18.5. The van der Waals surface area contributed by atoms with Gasteiger partial charge in [0.1, 0.15) is 0 Å². The normalized spacial score (nSPS) is 14.2. The maximum absolute atomic E-state index is 12.8. The molecule has 0 saturated heterocycles. The summed E-state index contributed by atoms with van der Waals surface area (Å²) in [6.07, 6.45) is 4.39. The molecule has 1 aromatic carbocycles. The van der Waals surface area contributed by atoms with Crippen molar-refractivity contribution in [1.29, 1.82) is 0 Å². The largest absolute Gasteiger partial charge is 0.338 e. The highest BCUT2D eigenvalue weighted by Crippen LogP contribution is 2.24. The van der Waals surface area contributed by atoms with Crippen LogP contribution in [-0.2, 0) is 12.8 Å². The van der Waals surface area contributed by atoms with E-state index in [9.17, 15) is 4.79 Å². The SMILES string of the molecule is Cc1ccc2c(c1C)CCN(CCCN(C)CCCc1ccsc1)C2=O. The Morgan fingerprint density at radius 3 is 2.73 bits per heavy atom. The molecule has 0 N–H and O–H groups in total. The Kier molecular flexibility index (Phi) is 6.49. The minimum absolute atomic E-state index is 0.217. The van der Waals surface area contributed by atoms with Crippen molar-refractivity contribution in [2.75, 3.05) is 33.2 Å². The summed E-state index contributed by atoms with van der Waals surface area (Å²) in [5, 5.41) is 4.39. The van der Waals surface area contributed by atoms with Gasteiger partial charge in [0, 0.05) is 18.7 Å². The number of carbonyl (C=O) groups is 1. The Morgan fingerprint density at radius 2 is 1.96 bits per heavy atom. The van der Waals surface area contributed by atoms with Crippen LogP contribution >= 0.6 is 11.3 Å². The first-order chi connectivity index (χ1) is 12.6. The van der Waals surface area contributed by atoms with Gasteiger partial charge in [0.2, 0.25) is 0 Å². The van der Waals surface area contributed by atoms with Gasteiger partial charge in [-0.25, -0.2) is 0 Å². The average Bonchev–Trinajstić information content (AvgIpc) is 3.13. The lowest BCUT2D eigenvalue weighted by atomic mass is 9.91. The number of hydrogen-bond donors (Lipinski definition) is 0. The molecule has 0 fully saturated rings. The van der Waals surface area contributed by atoms with Crippen LogP contribution in [0.2, 0.25) is 0 Å². The van der Waals surface area contributed by atoms with Crippen molar-refractivity contribution in [2.45, 2.75) is 39.5 Å². The number of aryl methyl sites for hydroxylation is 2.